The van der Waals surface area contributed by atoms with Crippen molar-refractivity contribution in [3.63, 3.8) is 0 Å². The van der Waals surface area contributed by atoms with Gasteiger partial charge in [-0.25, -0.2) is 0 Å². The van der Waals surface area contributed by atoms with Crippen LogP contribution in [0.2, 0.25) is 0 Å². The Balaban J connectivity index is 1.76. The topological polar surface area (TPSA) is 52.0 Å². The van der Waals surface area contributed by atoms with E-state index in [1.54, 1.807) is 6.20 Å². The average Bonchev–Trinajstić information content (AvgIpc) is 2.96. The third-order valence-electron chi connectivity index (χ3n) is 4.58. The van der Waals surface area contributed by atoms with Crippen molar-refractivity contribution in [3.05, 3.63) is 23.5 Å². The van der Waals surface area contributed by atoms with Crippen LogP contribution < -0.4 is 5.32 Å². The molecule has 0 bridgehead atoms. The molecule has 0 radical (unpaired) electrons. The highest BCUT2D eigenvalue weighted by molar-refractivity contribution is 5.57. The first-order chi connectivity index (χ1) is 9.23. The normalized spacial score (nSPS) is 21.1. The zero-order valence-electron chi connectivity index (χ0n) is 11.4. The number of nitriles is 1. The highest BCUT2D eigenvalue weighted by Gasteiger charge is 2.43. The largest absolute Gasteiger partial charge is 0.382 e. The minimum absolute atomic E-state index is 0.337. The molecule has 1 N–H and O–H groups in total. The fourth-order valence-electron chi connectivity index (χ4n) is 3.57. The van der Waals surface area contributed by atoms with Gasteiger partial charge >= 0.3 is 0 Å². The molecule has 19 heavy (non-hydrogen) atoms. The number of anilines is 1. The standard InChI is InChI=1S/C15H20N4/c1-12-8-14(13(9-16)10-17-12)18-11-15-4-2-6-19(15)7-3-5-15/h8,10H,2-7,11H2,1H3,(H,17,18). The van der Waals surface area contributed by atoms with Crippen molar-refractivity contribution in [2.24, 2.45) is 0 Å². The third kappa shape index (κ3) is 2.19. The van der Waals surface area contributed by atoms with E-state index in [4.69, 9.17) is 5.26 Å². The van der Waals surface area contributed by atoms with Gasteiger partial charge in [0.2, 0.25) is 0 Å². The molecule has 100 valence electrons. The first-order valence-electron chi connectivity index (χ1n) is 7.09. The van der Waals surface area contributed by atoms with Gasteiger partial charge in [-0.1, -0.05) is 0 Å². The fourth-order valence-corrected chi connectivity index (χ4v) is 3.57. The van der Waals surface area contributed by atoms with Crippen LogP contribution in [0.4, 0.5) is 5.69 Å². The summed E-state index contributed by atoms with van der Waals surface area (Å²) in [6.45, 7) is 5.39. The molecule has 0 saturated carbocycles. The number of nitrogens with one attached hydrogen (secondary N) is 1. The summed E-state index contributed by atoms with van der Waals surface area (Å²) in [5.41, 5.74) is 2.87. The van der Waals surface area contributed by atoms with Crippen molar-refractivity contribution >= 4 is 5.69 Å². The number of pyridine rings is 1. The molecule has 4 heteroatoms. The van der Waals surface area contributed by atoms with E-state index in [1.165, 1.54) is 38.8 Å². The van der Waals surface area contributed by atoms with Crippen LogP contribution in [-0.2, 0) is 0 Å². The number of aryl methyl sites for hydroxylation is 1. The maximum Gasteiger partial charge on any atom is 0.103 e. The molecule has 0 spiro atoms. The number of hydrogen-bond donors (Lipinski definition) is 1. The summed E-state index contributed by atoms with van der Waals surface area (Å²) in [6.07, 6.45) is 6.85. The minimum Gasteiger partial charge on any atom is -0.382 e. The minimum atomic E-state index is 0.337. The molecular formula is C15H20N4. The molecular weight excluding hydrogens is 236 g/mol. The number of rotatable bonds is 3. The summed E-state index contributed by atoms with van der Waals surface area (Å²) in [5.74, 6) is 0. The van der Waals surface area contributed by atoms with E-state index in [1.807, 2.05) is 13.0 Å². The van der Waals surface area contributed by atoms with Gasteiger partial charge in [-0.2, -0.15) is 5.26 Å². The highest BCUT2D eigenvalue weighted by Crippen LogP contribution is 2.38. The summed E-state index contributed by atoms with van der Waals surface area (Å²) < 4.78 is 0. The lowest BCUT2D eigenvalue weighted by atomic mass is 9.94. The second-order valence-corrected chi connectivity index (χ2v) is 5.76. The van der Waals surface area contributed by atoms with Gasteiger partial charge in [-0.05, 0) is 51.8 Å². The van der Waals surface area contributed by atoms with E-state index in [-0.39, 0.29) is 0 Å². The molecule has 0 amide bonds. The van der Waals surface area contributed by atoms with Crippen LogP contribution in [0.5, 0.6) is 0 Å². The maximum atomic E-state index is 9.15. The van der Waals surface area contributed by atoms with Gasteiger partial charge in [0.15, 0.2) is 0 Å². The summed E-state index contributed by atoms with van der Waals surface area (Å²) in [5, 5.41) is 12.7. The van der Waals surface area contributed by atoms with Crippen LogP contribution in [0, 0.1) is 18.3 Å². The molecule has 4 nitrogen and oxygen atoms in total. The van der Waals surface area contributed by atoms with Gasteiger partial charge < -0.3 is 5.32 Å². The van der Waals surface area contributed by atoms with Crippen molar-refractivity contribution < 1.29 is 0 Å². The van der Waals surface area contributed by atoms with Crippen LogP contribution in [0.15, 0.2) is 12.3 Å². The van der Waals surface area contributed by atoms with Crippen LogP contribution in [0.3, 0.4) is 0 Å². The molecule has 3 rings (SSSR count). The van der Waals surface area contributed by atoms with Gasteiger partial charge in [-0.3, -0.25) is 9.88 Å². The smallest absolute Gasteiger partial charge is 0.103 e. The fraction of sp³-hybridized carbons (Fsp3) is 0.600. The first kappa shape index (κ1) is 12.4. The van der Waals surface area contributed by atoms with Gasteiger partial charge in [0.05, 0.1) is 11.3 Å². The van der Waals surface area contributed by atoms with E-state index in [0.717, 1.165) is 17.9 Å². The van der Waals surface area contributed by atoms with Crippen molar-refractivity contribution in [2.45, 2.75) is 38.1 Å². The summed E-state index contributed by atoms with van der Waals surface area (Å²) in [4.78, 5) is 6.81. The van der Waals surface area contributed by atoms with E-state index in [2.05, 4.69) is 21.3 Å². The van der Waals surface area contributed by atoms with Crippen molar-refractivity contribution in [1.29, 1.82) is 5.26 Å². The van der Waals surface area contributed by atoms with Gasteiger partial charge in [0.1, 0.15) is 6.07 Å². The number of fused-ring (bicyclic) bond motifs is 1. The Bertz CT molecular complexity index is 507. The SMILES string of the molecule is Cc1cc(NCC23CCCN2CCC3)c(C#N)cn1. The third-order valence-corrected chi connectivity index (χ3v) is 4.58. The molecule has 2 aliphatic rings. The molecule has 0 unspecified atom stereocenters. The zero-order chi connectivity index (χ0) is 13.3. The molecule has 1 aromatic rings. The molecule has 2 fully saturated rings. The molecule has 2 aliphatic heterocycles. The summed E-state index contributed by atoms with van der Waals surface area (Å²) in [7, 11) is 0. The number of aromatic nitrogens is 1. The second-order valence-electron chi connectivity index (χ2n) is 5.76. The van der Waals surface area contributed by atoms with Crippen molar-refractivity contribution in [1.82, 2.24) is 9.88 Å². The molecule has 2 saturated heterocycles. The number of nitrogens with zero attached hydrogens (tertiary/aromatic N) is 3. The van der Waals surface area contributed by atoms with Crippen LogP contribution in [-0.4, -0.2) is 35.1 Å². The predicted molar refractivity (Wildman–Crippen MR) is 75.0 cm³/mol. The Morgan fingerprint density at radius 1 is 1.42 bits per heavy atom. The van der Waals surface area contributed by atoms with Crippen LogP contribution >= 0.6 is 0 Å². The monoisotopic (exact) mass is 256 g/mol. The lowest BCUT2D eigenvalue weighted by Crippen LogP contribution is -2.44. The Kier molecular flexibility index (Phi) is 3.16. The van der Waals surface area contributed by atoms with E-state index < -0.39 is 0 Å². The predicted octanol–water partition coefficient (Wildman–Crippen LogP) is 2.30. The summed E-state index contributed by atoms with van der Waals surface area (Å²) in [6, 6.07) is 4.19. The van der Waals surface area contributed by atoms with Crippen molar-refractivity contribution in [2.75, 3.05) is 25.0 Å². The Morgan fingerprint density at radius 2 is 2.16 bits per heavy atom. The average molecular weight is 256 g/mol. The van der Waals surface area contributed by atoms with E-state index >= 15 is 0 Å². The molecule has 1 aromatic heterocycles. The summed E-state index contributed by atoms with van der Waals surface area (Å²) >= 11 is 0. The van der Waals surface area contributed by atoms with Gasteiger partial charge in [0.25, 0.3) is 0 Å². The Labute approximate surface area is 114 Å². The maximum absolute atomic E-state index is 9.15. The molecule has 0 aromatic carbocycles. The Morgan fingerprint density at radius 3 is 2.84 bits per heavy atom. The first-order valence-corrected chi connectivity index (χ1v) is 7.09. The molecule has 3 heterocycles. The van der Waals surface area contributed by atoms with Gasteiger partial charge in [-0.15, -0.1) is 0 Å². The zero-order valence-corrected chi connectivity index (χ0v) is 11.4. The van der Waals surface area contributed by atoms with E-state index in [9.17, 15) is 0 Å². The van der Waals surface area contributed by atoms with Crippen molar-refractivity contribution in [3.8, 4) is 6.07 Å². The van der Waals surface area contributed by atoms with Gasteiger partial charge in [0, 0.05) is 24.0 Å². The lowest BCUT2D eigenvalue weighted by Gasteiger charge is -2.32. The quantitative estimate of drug-likeness (QED) is 0.901. The lowest BCUT2D eigenvalue weighted by molar-refractivity contribution is 0.209. The van der Waals surface area contributed by atoms with Crippen LogP contribution in [0.25, 0.3) is 0 Å². The van der Waals surface area contributed by atoms with Crippen LogP contribution in [0.1, 0.15) is 36.9 Å². The molecule has 0 atom stereocenters. The second kappa shape index (κ2) is 4.82. The number of hydrogen-bond acceptors (Lipinski definition) is 4. The molecule has 0 aliphatic carbocycles. The van der Waals surface area contributed by atoms with E-state index in [0.29, 0.717) is 11.1 Å². The highest BCUT2D eigenvalue weighted by atomic mass is 15.3. The Hall–Kier alpha value is -1.60.